The lowest BCUT2D eigenvalue weighted by molar-refractivity contribution is 0.0702. The molecule has 1 heterocycles. The first kappa shape index (κ1) is 21.4. The fourth-order valence-corrected chi connectivity index (χ4v) is 5.38. The Kier molecular flexibility index (Phi) is 6.63. The molecule has 150 valence electrons. The molecule has 3 rings (SSSR count). The molecule has 3 aromatic rings. The summed E-state index contributed by atoms with van der Waals surface area (Å²) in [5.74, 6) is -1.39. The van der Waals surface area contributed by atoms with Crippen molar-refractivity contribution >= 4 is 51.2 Å². The van der Waals surface area contributed by atoms with E-state index in [0.29, 0.717) is 17.1 Å². The number of rotatable bonds is 6. The van der Waals surface area contributed by atoms with Crippen LogP contribution in [0.3, 0.4) is 0 Å². The van der Waals surface area contributed by atoms with E-state index < -0.39 is 16.4 Å². The van der Waals surface area contributed by atoms with Gasteiger partial charge < -0.3 is 10.0 Å². The molecule has 1 N–H and O–H groups in total. The molecule has 0 saturated carbocycles. The number of carboxylic acid groups (broad SMARTS) is 1. The minimum atomic E-state index is -1.04. The highest BCUT2D eigenvalue weighted by Gasteiger charge is 2.36. The van der Waals surface area contributed by atoms with Gasteiger partial charge in [-0.05, 0) is 43.7 Å². The third kappa shape index (κ3) is 4.32. The summed E-state index contributed by atoms with van der Waals surface area (Å²) in [5.41, 5.74) is 0.684. The zero-order chi connectivity index (χ0) is 21.1. The van der Waals surface area contributed by atoms with E-state index in [4.69, 9.17) is 23.2 Å². The molecule has 0 aliphatic rings. The van der Waals surface area contributed by atoms with Crippen molar-refractivity contribution < 1.29 is 14.7 Å². The predicted molar refractivity (Wildman–Crippen MR) is 120 cm³/mol. The molecule has 0 fully saturated rings. The molecular weight excluding hydrogens is 429 g/mol. The van der Waals surface area contributed by atoms with Gasteiger partial charge in [0.1, 0.15) is 11.1 Å². The Morgan fingerprint density at radius 2 is 1.79 bits per heavy atom. The number of thiophene rings is 1. The molecular formula is C22H20Cl2NO3S+. The molecule has 0 radical (unpaired) electrons. The van der Waals surface area contributed by atoms with Gasteiger partial charge in [0.05, 0.1) is 10.6 Å². The standard InChI is InChI=1S/C22H19Cl2NO3S/c1-3-14(2)25(21(26)17-10-9-15(23)13-18(17)24)19-11-12-29(20(19)22(27)28)16-7-5-4-6-8-16/h4-14H,3H2,1-2H3/p+1. The summed E-state index contributed by atoms with van der Waals surface area (Å²) in [7, 11) is -0.758. The van der Waals surface area contributed by atoms with Gasteiger partial charge in [-0.15, -0.1) is 0 Å². The average Bonchev–Trinajstić information content (AvgIpc) is 3.13. The average molecular weight is 449 g/mol. The van der Waals surface area contributed by atoms with Crippen LogP contribution >= 0.6 is 33.7 Å². The van der Waals surface area contributed by atoms with Gasteiger partial charge in [-0.2, -0.15) is 0 Å². The molecule has 1 aromatic heterocycles. The van der Waals surface area contributed by atoms with E-state index in [1.807, 2.05) is 49.6 Å². The number of benzene rings is 2. The van der Waals surface area contributed by atoms with E-state index in [1.165, 1.54) is 11.0 Å². The summed E-state index contributed by atoms with van der Waals surface area (Å²) in [4.78, 5) is 28.2. The third-order valence-corrected chi connectivity index (χ3v) is 7.24. The molecule has 29 heavy (non-hydrogen) atoms. The van der Waals surface area contributed by atoms with E-state index in [9.17, 15) is 14.7 Å². The maximum atomic E-state index is 13.4. The SMILES string of the molecule is CCC(C)N(C(=O)c1ccc(Cl)cc1Cl)c1cc[s+](-c2ccccc2)c1C(=O)O. The third-order valence-electron chi connectivity index (χ3n) is 4.68. The fraction of sp³-hybridized carbons (Fsp3) is 0.182. The van der Waals surface area contributed by atoms with Crippen molar-refractivity contribution in [2.24, 2.45) is 0 Å². The van der Waals surface area contributed by atoms with Gasteiger partial charge in [0, 0.05) is 27.6 Å². The predicted octanol–water partition coefficient (Wildman–Crippen LogP) is 6.88. The van der Waals surface area contributed by atoms with Gasteiger partial charge in [-0.3, -0.25) is 4.79 Å². The van der Waals surface area contributed by atoms with Gasteiger partial charge in [-0.25, -0.2) is 4.79 Å². The van der Waals surface area contributed by atoms with Crippen LogP contribution in [0, 0.1) is 0 Å². The second-order valence-electron chi connectivity index (χ2n) is 6.53. The van der Waals surface area contributed by atoms with Crippen molar-refractivity contribution in [2.45, 2.75) is 26.3 Å². The van der Waals surface area contributed by atoms with Crippen molar-refractivity contribution in [3.63, 3.8) is 0 Å². The van der Waals surface area contributed by atoms with E-state index in [0.717, 1.165) is 4.90 Å². The molecule has 0 bridgehead atoms. The van der Waals surface area contributed by atoms with Crippen LogP contribution in [0.25, 0.3) is 4.90 Å². The van der Waals surface area contributed by atoms with Crippen LogP contribution in [-0.4, -0.2) is 23.0 Å². The van der Waals surface area contributed by atoms with Crippen LogP contribution in [0.2, 0.25) is 10.0 Å². The zero-order valence-electron chi connectivity index (χ0n) is 15.9. The highest BCUT2D eigenvalue weighted by Crippen LogP contribution is 2.43. The summed E-state index contributed by atoms with van der Waals surface area (Å²) >= 11 is 12.2. The molecule has 0 aliphatic carbocycles. The Balaban J connectivity index is 2.16. The van der Waals surface area contributed by atoms with Gasteiger partial charge in [-0.1, -0.05) is 48.3 Å². The number of carbonyl (C=O) groups is 2. The minimum absolute atomic E-state index is 0.204. The quantitative estimate of drug-likeness (QED) is 0.418. The monoisotopic (exact) mass is 448 g/mol. The normalized spacial score (nSPS) is 12.5. The lowest BCUT2D eigenvalue weighted by Gasteiger charge is -2.27. The molecule has 2 aromatic carbocycles. The van der Waals surface area contributed by atoms with E-state index in [-0.39, 0.29) is 27.4 Å². The topological polar surface area (TPSA) is 57.6 Å². The maximum Gasteiger partial charge on any atom is 0.391 e. The van der Waals surface area contributed by atoms with E-state index in [1.54, 1.807) is 18.2 Å². The Morgan fingerprint density at radius 3 is 2.38 bits per heavy atom. The first-order chi connectivity index (χ1) is 13.8. The Morgan fingerprint density at radius 1 is 1.10 bits per heavy atom. The van der Waals surface area contributed by atoms with Crippen LogP contribution in [0.5, 0.6) is 0 Å². The van der Waals surface area contributed by atoms with Crippen molar-refractivity contribution in [1.82, 2.24) is 0 Å². The summed E-state index contributed by atoms with van der Waals surface area (Å²) in [6, 6.07) is 15.6. The minimum Gasteiger partial charge on any atom is -0.474 e. The van der Waals surface area contributed by atoms with E-state index >= 15 is 0 Å². The zero-order valence-corrected chi connectivity index (χ0v) is 18.3. The van der Waals surface area contributed by atoms with Crippen molar-refractivity contribution in [3.8, 4) is 4.90 Å². The number of halogens is 2. The van der Waals surface area contributed by atoms with Gasteiger partial charge in [0.2, 0.25) is 0 Å². The molecule has 4 nitrogen and oxygen atoms in total. The summed E-state index contributed by atoms with van der Waals surface area (Å²) < 4.78 is 0. The molecule has 0 saturated heterocycles. The Hall–Kier alpha value is -2.34. The van der Waals surface area contributed by atoms with Crippen molar-refractivity contribution in [3.05, 3.63) is 80.5 Å². The smallest absolute Gasteiger partial charge is 0.391 e. The number of hydrogen-bond acceptors (Lipinski definition) is 2. The summed E-state index contributed by atoms with van der Waals surface area (Å²) in [5, 5.41) is 12.5. The van der Waals surface area contributed by atoms with Gasteiger partial charge >= 0.3 is 5.97 Å². The second-order valence-corrected chi connectivity index (χ2v) is 9.20. The fourth-order valence-electron chi connectivity index (χ4n) is 3.07. The number of carboxylic acids is 1. The van der Waals surface area contributed by atoms with Gasteiger partial charge in [0.25, 0.3) is 10.8 Å². The van der Waals surface area contributed by atoms with E-state index in [2.05, 4.69) is 0 Å². The summed E-state index contributed by atoms with van der Waals surface area (Å²) in [6.45, 7) is 3.84. The van der Waals surface area contributed by atoms with Crippen molar-refractivity contribution in [1.29, 1.82) is 0 Å². The second kappa shape index (κ2) is 8.99. The van der Waals surface area contributed by atoms with Crippen molar-refractivity contribution in [2.75, 3.05) is 4.90 Å². The number of amides is 1. The molecule has 0 aliphatic heterocycles. The molecule has 7 heteroatoms. The number of anilines is 1. The van der Waals surface area contributed by atoms with Crippen LogP contribution < -0.4 is 4.90 Å². The Bertz CT molecular complexity index is 1050. The van der Waals surface area contributed by atoms with Crippen LogP contribution in [0.1, 0.15) is 40.3 Å². The lowest BCUT2D eigenvalue weighted by Crippen LogP contribution is -2.39. The number of carbonyl (C=O) groups excluding carboxylic acids is 1. The summed E-state index contributed by atoms with van der Waals surface area (Å²) in [6.07, 6.45) is 0.653. The largest absolute Gasteiger partial charge is 0.474 e. The highest BCUT2D eigenvalue weighted by molar-refractivity contribution is 7.40. The first-order valence-corrected chi connectivity index (χ1v) is 11.1. The lowest BCUT2D eigenvalue weighted by atomic mass is 10.1. The highest BCUT2D eigenvalue weighted by atomic mass is 35.5. The maximum absolute atomic E-state index is 13.4. The van der Waals surface area contributed by atoms with Gasteiger partial charge in [0.15, 0.2) is 4.90 Å². The number of hydrogen-bond donors (Lipinski definition) is 1. The Labute approximate surface area is 182 Å². The molecule has 0 spiro atoms. The first-order valence-electron chi connectivity index (χ1n) is 9.07. The molecule has 2 atom stereocenters. The molecule has 2 unspecified atom stereocenters. The number of aromatic carboxylic acids is 1. The van der Waals surface area contributed by atoms with Crippen LogP contribution in [-0.2, 0) is 0 Å². The van der Waals surface area contributed by atoms with Crippen LogP contribution in [0.4, 0.5) is 5.69 Å². The number of nitrogens with zero attached hydrogens (tertiary/aromatic N) is 1. The van der Waals surface area contributed by atoms with Crippen LogP contribution in [0.15, 0.2) is 60.0 Å². The molecule has 1 amide bonds.